The highest BCUT2D eigenvalue weighted by atomic mass is 32.2. The van der Waals surface area contributed by atoms with Crippen LogP contribution in [-0.2, 0) is 9.59 Å². The molecule has 2 aromatic rings. The van der Waals surface area contributed by atoms with Gasteiger partial charge in [-0.25, -0.2) is 0 Å². The van der Waals surface area contributed by atoms with Crippen LogP contribution >= 0.6 is 24.0 Å². The standard InChI is InChI=1S/C25H26N2O4S2/c1-3-30-21-14-18(10-11-20(21)31-16-23(28)26-12-6-7-13-26)15-22-24(29)27(25(32)33-22)19-9-5-4-8-17(19)2/h4-5,8-11,14-15H,3,6-7,12-13,16H2,1-2H3/b22-15-. The first-order chi connectivity index (χ1) is 16.0. The summed E-state index contributed by atoms with van der Waals surface area (Å²) in [6.45, 7) is 5.86. The van der Waals surface area contributed by atoms with E-state index < -0.39 is 0 Å². The average Bonchev–Trinajstić information content (AvgIpc) is 3.43. The number of rotatable bonds is 7. The molecule has 4 rings (SSSR count). The lowest BCUT2D eigenvalue weighted by Gasteiger charge is -2.17. The van der Waals surface area contributed by atoms with Gasteiger partial charge in [0.15, 0.2) is 22.4 Å². The molecule has 2 fully saturated rings. The molecule has 0 aromatic heterocycles. The van der Waals surface area contributed by atoms with E-state index in [1.165, 1.54) is 11.8 Å². The van der Waals surface area contributed by atoms with Crippen molar-refractivity contribution < 1.29 is 19.1 Å². The minimum absolute atomic E-state index is 0.0149. The molecule has 2 aliphatic rings. The predicted octanol–water partition coefficient (Wildman–Crippen LogP) is 4.80. The SMILES string of the molecule is CCOc1cc(/C=C2\SC(=S)N(c3ccccc3C)C2=O)ccc1OCC(=O)N1CCCC1. The molecule has 0 atom stereocenters. The maximum Gasteiger partial charge on any atom is 0.270 e. The number of anilines is 1. The number of thiocarbonyl (C=S) groups is 1. The fraction of sp³-hybridized carbons (Fsp3) is 0.320. The third kappa shape index (κ3) is 5.23. The molecule has 0 bridgehead atoms. The number of carbonyl (C=O) groups is 2. The highest BCUT2D eigenvalue weighted by Crippen LogP contribution is 2.38. The molecular formula is C25H26N2O4S2. The van der Waals surface area contributed by atoms with E-state index in [0.29, 0.717) is 27.3 Å². The highest BCUT2D eigenvalue weighted by molar-refractivity contribution is 8.27. The van der Waals surface area contributed by atoms with Gasteiger partial charge >= 0.3 is 0 Å². The number of likely N-dealkylation sites (tertiary alicyclic amines) is 1. The van der Waals surface area contributed by atoms with Crippen LogP contribution < -0.4 is 14.4 Å². The summed E-state index contributed by atoms with van der Waals surface area (Å²) >= 11 is 6.77. The minimum Gasteiger partial charge on any atom is -0.490 e. The van der Waals surface area contributed by atoms with Crippen molar-refractivity contribution in [2.45, 2.75) is 26.7 Å². The van der Waals surface area contributed by atoms with E-state index in [9.17, 15) is 9.59 Å². The maximum absolute atomic E-state index is 13.1. The van der Waals surface area contributed by atoms with E-state index in [4.69, 9.17) is 21.7 Å². The summed E-state index contributed by atoms with van der Waals surface area (Å²) < 4.78 is 12.0. The number of hydrogen-bond acceptors (Lipinski definition) is 6. The normalized spacial score (nSPS) is 17.2. The zero-order valence-corrected chi connectivity index (χ0v) is 20.3. The van der Waals surface area contributed by atoms with Gasteiger partial charge in [-0.1, -0.05) is 48.2 Å². The molecule has 0 aliphatic carbocycles. The van der Waals surface area contributed by atoms with E-state index in [2.05, 4.69) is 0 Å². The molecule has 0 N–H and O–H groups in total. The molecule has 6 nitrogen and oxygen atoms in total. The average molecular weight is 483 g/mol. The van der Waals surface area contributed by atoms with Crippen LogP contribution in [0.1, 0.15) is 30.9 Å². The summed E-state index contributed by atoms with van der Waals surface area (Å²) in [7, 11) is 0. The number of aryl methyl sites for hydroxylation is 1. The Balaban J connectivity index is 1.52. The zero-order valence-electron chi connectivity index (χ0n) is 18.7. The van der Waals surface area contributed by atoms with Crippen LogP contribution in [0.4, 0.5) is 5.69 Å². The fourth-order valence-corrected chi connectivity index (χ4v) is 5.13. The molecule has 2 heterocycles. The van der Waals surface area contributed by atoms with Gasteiger partial charge in [-0.3, -0.25) is 14.5 Å². The second-order valence-corrected chi connectivity index (χ2v) is 9.50. The summed E-state index contributed by atoms with van der Waals surface area (Å²) in [5, 5.41) is 0. The van der Waals surface area contributed by atoms with E-state index >= 15 is 0 Å². The van der Waals surface area contributed by atoms with Gasteiger partial charge in [0.25, 0.3) is 11.8 Å². The summed E-state index contributed by atoms with van der Waals surface area (Å²) in [5.41, 5.74) is 2.57. The van der Waals surface area contributed by atoms with Gasteiger partial charge in [0.1, 0.15) is 0 Å². The molecular weight excluding hydrogens is 456 g/mol. The van der Waals surface area contributed by atoms with Gasteiger partial charge in [0.2, 0.25) is 0 Å². The first-order valence-electron chi connectivity index (χ1n) is 11.0. The molecule has 2 amide bonds. The van der Waals surface area contributed by atoms with Crippen molar-refractivity contribution in [1.29, 1.82) is 0 Å². The summed E-state index contributed by atoms with van der Waals surface area (Å²) in [6, 6.07) is 13.1. The molecule has 8 heteroatoms. The van der Waals surface area contributed by atoms with Crippen LogP contribution in [0.2, 0.25) is 0 Å². The van der Waals surface area contributed by atoms with Gasteiger partial charge < -0.3 is 14.4 Å². The lowest BCUT2D eigenvalue weighted by Crippen LogP contribution is -2.32. The molecule has 0 spiro atoms. The largest absolute Gasteiger partial charge is 0.490 e. The smallest absolute Gasteiger partial charge is 0.270 e. The summed E-state index contributed by atoms with van der Waals surface area (Å²) in [5.74, 6) is 0.886. The molecule has 0 saturated carbocycles. The molecule has 0 radical (unpaired) electrons. The van der Waals surface area contributed by atoms with E-state index in [-0.39, 0.29) is 18.4 Å². The van der Waals surface area contributed by atoms with Crippen LogP contribution in [0.5, 0.6) is 11.5 Å². The van der Waals surface area contributed by atoms with Gasteiger partial charge in [-0.05, 0) is 62.1 Å². The second kappa shape index (κ2) is 10.4. The fourth-order valence-electron chi connectivity index (χ4n) is 3.84. The first-order valence-corrected chi connectivity index (χ1v) is 12.2. The molecule has 2 aromatic carbocycles. The third-order valence-electron chi connectivity index (χ3n) is 5.53. The van der Waals surface area contributed by atoms with Crippen LogP contribution in [-0.4, -0.2) is 47.3 Å². The quantitative estimate of drug-likeness (QED) is 0.417. The molecule has 2 saturated heterocycles. The topological polar surface area (TPSA) is 59.1 Å². The van der Waals surface area contributed by atoms with Crippen LogP contribution in [0.15, 0.2) is 47.4 Å². The van der Waals surface area contributed by atoms with Gasteiger partial charge in [0.05, 0.1) is 17.2 Å². The van der Waals surface area contributed by atoms with Crippen LogP contribution in [0.25, 0.3) is 6.08 Å². The number of hydrogen-bond donors (Lipinski definition) is 0. The van der Waals surface area contributed by atoms with E-state index in [0.717, 1.165) is 42.7 Å². The number of ether oxygens (including phenoxy) is 2. The predicted molar refractivity (Wildman–Crippen MR) is 136 cm³/mol. The maximum atomic E-state index is 13.1. The van der Waals surface area contributed by atoms with Crippen molar-refractivity contribution in [3.63, 3.8) is 0 Å². The molecule has 172 valence electrons. The van der Waals surface area contributed by atoms with E-state index in [1.807, 2.05) is 55.1 Å². The van der Waals surface area contributed by atoms with Gasteiger partial charge in [0, 0.05) is 13.1 Å². The van der Waals surface area contributed by atoms with E-state index in [1.54, 1.807) is 17.0 Å². The van der Waals surface area contributed by atoms with Crippen molar-refractivity contribution in [1.82, 2.24) is 4.90 Å². The number of nitrogens with zero attached hydrogens (tertiary/aromatic N) is 2. The van der Waals surface area contributed by atoms with Gasteiger partial charge in [-0.2, -0.15) is 0 Å². The Morgan fingerprint density at radius 2 is 1.88 bits per heavy atom. The Morgan fingerprint density at radius 1 is 1.12 bits per heavy atom. The molecule has 0 unspecified atom stereocenters. The lowest BCUT2D eigenvalue weighted by molar-refractivity contribution is -0.132. The minimum atomic E-state index is -0.145. The van der Waals surface area contributed by atoms with Gasteiger partial charge in [-0.15, -0.1) is 0 Å². The Morgan fingerprint density at radius 3 is 2.61 bits per heavy atom. The lowest BCUT2D eigenvalue weighted by atomic mass is 10.1. The number of amides is 2. The second-order valence-electron chi connectivity index (χ2n) is 7.82. The first kappa shape index (κ1) is 23.3. The Bertz CT molecular complexity index is 1110. The molecule has 2 aliphatic heterocycles. The van der Waals surface area contributed by atoms with Crippen LogP contribution in [0, 0.1) is 6.92 Å². The number of thioether (sulfide) groups is 1. The third-order valence-corrected chi connectivity index (χ3v) is 6.83. The number of carbonyl (C=O) groups excluding carboxylic acids is 2. The van der Waals surface area contributed by atoms with Crippen molar-refractivity contribution in [3.05, 3.63) is 58.5 Å². The van der Waals surface area contributed by atoms with Crippen molar-refractivity contribution in [3.8, 4) is 11.5 Å². The van der Waals surface area contributed by atoms with Crippen molar-refractivity contribution in [2.75, 3.05) is 31.2 Å². The number of para-hydroxylation sites is 1. The number of benzene rings is 2. The summed E-state index contributed by atoms with van der Waals surface area (Å²) in [4.78, 5) is 29.4. The Labute approximate surface area is 203 Å². The highest BCUT2D eigenvalue weighted by Gasteiger charge is 2.34. The van der Waals surface area contributed by atoms with Crippen molar-refractivity contribution in [2.24, 2.45) is 0 Å². The summed E-state index contributed by atoms with van der Waals surface area (Å²) in [6.07, 6.45) is 3.89. The monoisotopic (exact) mass is 482 g/mol. The zero-order chi connectivity index (χ0) is 23.4. The Kier molecular flexibility index (Phi) is 7.35. The van der Waals surface area contributed by atoms with Crippen LogP contribution in [0.3, 0.4) is 0 Å². The molecule has 33 heavy (non-hydrogen) atoms. The van der Waals surface area contributed by atoms with Crippen molar-refractivity contribution >= 4 is 51.9 Å². The Hall–Kier alpha value is -2.84.